The van der Waals surface area contributed by atoms with E-state index in [1.165, 1.54) is 12.4 Å². The Bertz CT molecular complexity index is 951. The van der Waals surface area contributed by atoms with Crippen LogP contribution in [0.15, 0.2) is 22.0 Å². The number of hydrogen-bond acceptors (Lipinski definition) is 8. The first-order chi connectivity index (χ1) is 10.0. The Balaban J connectivity index is 2.45. The minimum atomic E-state index is -0.792. The second kappa shape index (κ2) is 4.33. The highest BCUT2D eigenvalue weighted by Gasteiger charge is 2.16. The van der Waals surface area contributed by atoms with Crippen molar-refractivity contribution in [3.8, 4) is 0 Å². The molecule has 0 saturated carbocycles. The summed E-state index contributed by atoms with van der Waals surface area (Å²) in [6, 6.07) is 1.27. The molecule has 3 aromatic rings. The number of nitrogen functional groups attached to an aromatic ring is 2. The van der Waals surface area contributed by atoms with E-state index in [0.717, 1.165) is 9.35 Å². The lowest BCUT2D eigenvalue weighted by Crippen LogP contribution is -2.36. The summed E-state index contributed by atoms with van der Waals surface area (Å²) in [5.74, 6) is 0.332. The van der Waals surface area contributed by atoms with Crippen molar-refractivity contribution in [1.82, 2.24) is 29.3 Å². The fraction of sp³-hybridized carbons (Fsp3) is 0.100. The molecular weight excluding hydrogens is 278 g/mol. The van der Waals surface area contributed by atoms with E-state index in [9.17, 15) is 9.59 Å². The smallest absolute Gasteiger partial charge is 0.370 e. The Morgan fingerprint density at radius 2 is 2.00 bits per heavy atom. The third kappa shape index (κ3) is 1.79. The van der Waals surface area contributed by atoms with Gasteiger partial charge in [0, 0.05) is 13.1 Å². The topological polar surface area (TPSA) is 163 Å². The first kappa shape index (κ1) is 12.7. The molecule has 0 unspecified atom stereocenters. The predicted molar refractivity (Wildman–Crippen MR) is 75.8 cm³/mol. The van der Waals surface area contributed by atoms with Crippen molar-refractivity contribution < 1.29 is 0 Å². The summed E-state index contributed by atoms with van der Waals surface area (Å²) in [4.78, 5) is 38.2. The lowest BCUT2D eigenvalue weighted by molar-refractivity contribution is 0.614. The van der Waals surface area contributed by atoms with Gasteiger partial charge in [-0.25, -0.2) is 19.6 Å². The number of aromatic amines is 1. The van der Waals surface area contributed by atoms with Crippen LogP contribution in [0.5, 0.6) is 0 Å². The molecule has 11 nitrogen and oxygen atoms in total. The summed E-state index contributed by atoms with van der Waals surface area (Å²) in [5, 5.41) is 2.81. The molecule has 0 spiro atoms. The van der Waals surface area contributed by atoms with Crippen LogP contribution >= 0.6 is 0 Å². The van der Waals surface area contributed by atoms with Gasteiger partial charge in [0.2, 0.25) is 0 Å². The SMILES string of the molecule is CNc1ncnc2c1[nH]c(=O)n2-n1c(N)cc(N)nc1=O. The number of rotatable bonds is 2. The van der Waals surface area contributed by atoms with E-state index in [2.05, 4.69) is 25.3 Å². The highest BCUT2D eigenvalue weighted by molar-refractivity contribution is 5.82. The standard InChI is InChI=1S/C10H11N9O2/c1-13-7-6-8(15-3-14-7)19(10(21)17-6)18-5(12)2-4(11)16-9(18)20/h2-3H,12H2,1H3,(H,17,21)(H2,11,16,20)(H,13,14,15). The third-order valence-electron chi connectivity index (χ3n) is 2.84. The van der Waals surface area contributed by atoms with Gasteiger partial charge in [-0.05, 0) is 0 Å². The summed E-state index contributed by atoms with van der Waals surface area (Å²) >= 11 is 0. The van der Waals surface area contributed by atoms with Gasteiger partial charge in [-0.3, -0.25) is 4.98 Å². The van der Waals surface area contributed by atoms with Crippen molar-refractivity contribution in [2.75, 3.05) is 23.8 Å². The van der Waals surface area contributed by atoms with E-state index in [0.29, 0.717) is 11.3 Å². The number of nitrogens with one attached hydrogen (secondary N) is 2. The van der Waals surface area contributed by atoms with Gasteiger partial charge >= 0.3 is 11.4 Å². The Morgan fingerprint density at radius 1 is 1.24 bits per heavy atom. The third-order valence-corrected chi connectivity index (χ3v) is 2.84. The Labute approximate surface area is 116 Å². The fourth-order valence-electron chi connectivity index (χ4n) is 2.00. The van der Waals surface area contributed by atoms with Gasteiger partial charge in [-0.15, -0.1) is 0 Å². The maximum atomic E-state index is 12.1. The maximum absolute atomic E-state index is 12.1. The highest BCUT2D eigenvalue weighted by atomic mass is 16.2. The van der Waals surface area contributed by atoms with Crippen LogP contribution in [0.1, 0.15) is 0 Å². The molecule has 0 radical (unpaired) electrons. The second-order valence-corrected chi connectivity index (χ2v) is 4.11. The Morgan fingerprint density at radius 3 is 2.67 bits per heavy atom. The van der Waals surface area contributed by atoms with Gasteiger partial charge < -0.3 is 16.8 Å². The molecule has 3 heterocycles. The number of imidazole rings is 1. The average Bonchev–Trinajstić information content (AvgIpc) is 2.74. The van der Waals surface area contributed by atoms with Gasteiger partial charge in [-0.1, -0.05) is 0 Å². The molecule has 0 atom stereocenters. The number of nitrogens with two attached hydrogens (primary N) is 2. The average molecular weight is 289 g/mol. The molecule has 6 N–H and O–H groups in total. The molecule has 3 aromatic heterocycles. The van der Waals surface area contributed by atoms with Crippen molar-refractivity contribution in [3.05, 3.63) is 33.4 Å². The summed E-state index contributed by atoms with van der Waals surface area (Å²) in [5.41, 5.74) is 10.3. The molecule has 0 aromatic carbocycles. The van der Waals surface area contributed by atoms with E-state index in [1.54, 1.807) is 7.05 Å². The summed E-state index contributed by atoms with van der Waals surface area (Å²) in [6.45, 7) is 0. The number of H-pyrrole nitrogens is 1. The van der Waals surface area contributed by atoms with Crippen molar-refractivity contribution in [2.45, 2.75) is 0 Å². The molecule has 0 aliphatic carbocycles. The zero-order chi connectivity index (χ0) is 15.1. The second-order valence-electron chi connectivity index (χ2n) is 4.11. The molecule has 0 aliphatic heterocycles. The zero-order valence-corrected chi connectivity index (χ0v) is 10.9. The molecule has 3 rings (SSSR count). The van der Waals surface area contributed by atoms with Crippen LogP contribution in [-0.4, -0.2) is 36.3 Å². The first-order valence-corrected chi connectivity index (χ1v) is 5.82. The van der Waals surface area contributed by atoms with Crippen molar-refractivity contribution >= 4 is 28.6 Å². The van der Waals surface area contributed by atoms with Gasteiger partial charge in [0.15, 0.2) is 11.5 Å². The number of aromatic nitrogens is 6. The fourth-order valence-corrected chi connectivity index (χ4v) is 2.00. The molecule has 0 aliphatic rings. The molecule has 11 heteroatoms. The van der Waals surface area contributed by atoms with Crippen LogP contribution < -0.4 is 28.2 Å². The lowest BCUT2D eigenvalue weighted by Gasteiger charge is -2.09. The molecule has 0 amide bonds. The van der Waals surface area contributed by atoms with E-state index in [-0.39, 0.29) is 17.3 Å². The van der Waals surface area contributed by atoms with Gasteiger partial charge in [0.1, 0.15) is 23.5 Å². The lowest BCUT2D eigenvalue weighted by atomic mass is 10.5. The van der Waals surface area contributed by atoms with Crippen LogP contribution in [0.4, 0.5) is 17.5 Å². The first-order valence-electron chi connectivity index (χ1n) is 5.82. The van der Waals surface area contributed by atoms with Crippen LogP contribution in [0, 0.1) is 0 Å². The van der Waals surface area contributed by atoms with Gasteiger partial charge in [-0.2, -0.15) is 14.3 Å². The van der Waals surface area contributed by atoms with Gasteiger partial charge in [0.05, 0.1) is 0 Å². The van der Waals surface area contributed by atoms with Crippen molar-refractivity contribution in [1.29, 1.82) is 0 Å². The molecule has 21 heavy (non-hydrogen) atoms. The quantitative estimate of drug-likeness (QED) is 0.429. The van der Waals surface area contributed by atoms with Crippen LogP contribution in [0.3, 0.4) is 0 Å². The monoisotopic (exact) mass is 289 g/mol. The van der Waals surface area contributed by atoms with E-state index < -0.39 is 11.4 Å². The largest absolute Gasteiger partial charge is 0.383 e. The molecule has 0 fully saturated rings. The van der Waals surface area contributed by atoms with Crippen LogP contribution in [0.2, 0.25) is 0 Å². The van der Waals surface area contributed by atoms with E-state index in [4.69, 9.17) is 11.5 Å². The summed E-state index contributed by atoms with van der Waals surface area (Å²) in [6.07, 6.45) is 1.25. The number of hydrogen-bond donors (Lipinski definition) is 4. The summed E-state index contributed by atoms with van der Waals surface area (Å²) in [7, 11) is 1.64. The normalized spacial score (nSPS) is 10.9. The molecular formula is C10H11N9O2. The van der Waals surface area contributed by atoms with Crippen molar-refractivity contribution in [3.63, 3.8) is 0 Å². The van der Waals surface area contributed by atoms with E-state index >= 15 is 0 Å². The summed E-state index contributed by atoms with van der Waals surface area (Å²) < 4.78 is 1.85. The Hall–Kier alpha value is -3.37. The number of anilines is 3. The zero-order valence-electron chi connectivity index (χ0n) is 10.9. The highest BCUT2D eigenvalue weighted by Crippen LogP contribution is 2.15. The Kier molecular flexibility index (Phi) is 2.61. The van der Waals surface area contributed by atoms with E-state index in [1.807, 2.05) is 0 Å². The van der Waals surface area contributed by atoms with Crippen molar-refractivity contribution in [2.24, 2.45) is 0 Å². The maximum Gasteiger partial charge on any atom is 0.370 e. The molecule has 108 valence electrons. The predicted octanol–water partition coefficient (Wildman–Crippen LogP) is -1.81. The minimum Gasteiger partial charge on any atom is -0.383 e. The van der Waals surface area contributed by atoms with Crippen LogP contribution in [0.25, 0.3) is 11.2 Å². The number of nitrogens with zero attached hydrogens (tertiary/aromatic N) is 5. The van der Waals surface area contributed by atoms with Gasteiger partial charge in [0.25, 0.3) is 0 Å². The number of fused-ring (bicyclic) bond motifs is 1. The molecule has 0 saturated heterocycles. The van der Waals surface area contributed by atoms with Crippen LogP contribution in [-0.2, 0) is 0 Å². The minimum absolute atomic E-state index is 0.0350. The molecule has 0 bridgehead atoms.